The fraction of sp³-hybridized carbons (Fsp3) is 0.145. The van der Waals surface area contributed by atoms with Crippen molar-refractivity contribution >= 4 is 44.7 Å². The van der Waals surface area contributed by atoms with Gasteiger partial charge in [0.2, 0.25) is 0 Å². The predicted molar refractivity (Wildman–Crippen MR) is 250 cm³/mol. The minimum atomic E-state index is -0.637. The number of anilines is 4. The van der Waals surface area contributed by atoms with Gasteiger partial charge in [-0.25, -0.2) is 9.97 Å². The topological polar surface area (TPSA) is 46.4 Å². The van der Waals surface area contributed by atoms with Gasteiger partial charge in [-0.3, -0.25) is 0 Å². The van der Waals surface area contributed by atoms with Crippen molar-refractivity contribution < 1.29 is 39.5 Å². The molecule has 0 unspecified atom stereocenters. The summed E-state index contributed by atoms with van der Waals surface area (Å²) >= 11 is 0. The molecule has 0 saturated carbocycles. The summed E-state index contributed by atoms with van der Waals surface area (Å²) in [7, 11) is 0. The Morgan fingerprint density at radius 2 is 1.29 bits per heavy atom. The molecule has 0 fully saturated rings. The first-order chi connectivity index (χ1) is 33.6. The van der Waals surface area contributed by atoms with E-state index >= 15 is 0 Å². The van der Waals surface area contributed by atoms with Gasteiger partial charge in [-0.1, -0.05) is 126 Å². The predicted octanol–water partition coefficient (Wildman–Crippen LogP) is 14.3. The zero-order chi connectivity index (χ0) is 50.6. The van der Waals surface area contributed by atoms with Crippen LogP contribution in [0.2, 0.25) is 0 Å². The molecule has 1 aliphatic rings. The van der Waals surface area contributed by atoms with Crippen LogP contribution in [0.25, 0.3) is 49.9 Å². The fourth-order valence-electron chi connectivity index (χ4n) is 7.76. The Hall–Kier alpha value is -6.49. The van der Waals surface area contributed by atoms with Gasteiger partial charge >= 0.3 is 0 Å². The largest absolute Gasteiger partial charge is 0.509 e. The maximum absolute atomic E-state index is 9.20. The third kappa shape index (κ3) is 7.47. The third-order valence-corrected chi connectivity index (χ3v) is 10.9. The van der Waals surface area contributed by atoms with E-state index in [1.54, 1.807) is 42.0 Å². The molecule has 0 aliphatic carbocycles. The second kappa shape index (κ2) is 16.1. The molecule has 310 valence electrons. The molecule has 0 N–H and O–H groups in total. The van der Waals surface area contributed by atoms with Crippen LogP contribution in [0.3, 0.4) is 0 Å². The quantitative estimate of drug-likeness (QED) is 0.149. The molecule has 6 nitrogen and oxygen atoms in total. The fourth-order valence-corrected chi connectivity index (χ4v) is 7.76. The maximum Gasteiger partial charge on any atom is 0.135 e. The van der Waals surface area contributed by atoms with Crippen molar-refractivity contribution in [1.82, 2.24) is 14.5 Å². The van der Waals surface area contributed by atoms with Crippen LogP contribution in [0.4, 0.5) is 22.9 Å². The van der Waals surface area contributed by atoms with Gasteiger partial charge in [-0.05, 0) is 80.9 Å². The Balaban J connectivity index is 0.00000640. The van der Waals surface area contributed by atoms with Crippen molar-refractivity contribution in [1.29, 1.82) is 0 Å². The molecular formula is C55H46N5OPt-3. The SMILES string of the molecule is [2H]c1c([2H])c([2H])c(-c2cc(C(C)(C)C)cc(-c3c([2H])c([2H])c([2H])c([2H])c3[2H])c2N2[CH-]N(c3[c-]c(Oc4[c-]c5c(cc4)c4ccccc4n5-c4cc(C(C)(C)C)ccn4)ccc3)c3cccnc32)c([2H])c1[2H].[Pt]. The summed E-state index contributed by atoms with van der Waals surface area (Å²) in [6, 6.07) is 30.3. The van der Waals surface area contributed by atoms with Crippen LogP contribution in [0, 0.1) is 18.8 Å². The van der Waals surface area contributed by atoms with E-state index in [1.807, 2.05) is 80.4 Å². The molecule has 6 aromatic carbocycles. The number of benzene rings is 6. The number of pyridine rings is 2. The summed E-state index contributed by atoms with van der Waals surface area (Å²) in [5.41, 5.74) is 4.06. The summed E-state index contributed by atoms with van der Waals surface area (Å²) in [4.78, 5) is 13.1. The first-order valence-electron chi connectivity index (χ1n) is 25.0. The number of rotatable bonds is 7. The molecule has 3 aromatic heterocycles. The van der Waals surface area contributed by atoms with Crippen molar-refractivity contribution in [2.75, 3.05) is 9.80 Å². The van der Waals surface area contributed by atoms with Crippen LogP contribution in [0.15, 0.2) is 164 Å². The molecule has 1 aliphatic heterocycles. The summed E-state index contributed by atoms with van der Waals surface area (Å²) in [6.07, 6.45) is 3.42. The van der Waals surface area contributed by atoms with Crippen molar-refractivity contribution in [3.05, 3.63) is 194 Å². The van der Waals surface area contributed by atoms with Gasteiger partial charge in [0.1, 0.15) is 11.6 Å². The van der Waals surface area contributed by atoms with Gasteiger partial charge in [0, 0.05) is 67.3 Å². The molecule has 4 heterocycles. The average Bonchev–Trinajstić information content (AvgIpc) is 3.89. The van der Waals surface area contributed by atoms with Gasteiger partial charge in [0.15, 0.2) is 0 Å². The van der Waals surface area contributed by atoms with Crippen molar-refractivity contribution in [3.8, 4) is 39.6 Å². The number of para-hydroxylation sites is 1. The van der Waals surface area contributed by atoms with E-state index in [-0.39, 0.29) is 54.4 Å². The number of ether oxygens (including phenoxy) is 1. The van der Waals surface area contributed by atoms with Gasteiger partial charge < -0.3 is 19.1 Å². The van der Waals surface area contributed by atoms with Gasteiger partial charge in [0.05, 0.1) is 19.4 Å². The van der Waals surface area contributed by atoms with Gasteiger partial charge in [0.25, 0.3) is 0 Å². The number of nitrogens with zero attached hydrogens (tertiary/aromatic N) is 5. The Kier molecular flexibility index (Phi) is 7.92. The van der Waals surface area contributed by atoms with Crippen LogP contribution in [0.5, 0.6) is 11.5 Å². The second-order valence-corrected chi connectivity index (χ2v) is 17.0. The number of aromatic nitrogens is 3. The molecule has 0 amide bonds. The summed E-state index contributed by atoms with van der Waals surface area (Å²) < 4.78 is 97.2. The molecule has 0 bridgehead atoms. The smallest absolute Gasteiger partial charge is 0.135 e. The number of hydrogen-bond acceptors (Lipinski definition) is 5. The van der Waals surface area contributed by atoms with E-state index in [0.717, 1.165) is 33.2 Å². The van der Waals surface area contributed by atoms with Crippen LogP contribution >= 0.6 is 0 Å². The Bertz CT molecular complexity index is 3530. The van der Waals surface area contributed by atoms with Gasteiger partial charge in [-0.2, -0.15) is 12.1 Å². The second-order valence-electron chi connectivity index (χ2n) is 17.0. The van der Waals surface area contributed by atoms with Crippen LogP contribution in [0.1, 0.15) is 66.4 Å². The zero-order valence-electron chi connectivity index (χ0n) is 44.9. The van der Waals surface area contributed by atoms with E-state index < -0.39 is 65.8 Å². The average molecular weight is 998 g/mol. The monoisotopic (exact) mass is 997 g/mol. The summed E-state index contributed by atoms with van der Waals surface area (Å²) in [5.74, 6) is 1.89. The van der Waals surface area contributed by atoms with Gasteiger partial charge in [-0.15, -0.1) is 48.1 Å². The van der Waals surface area contributed by atoms with Crippen molar-refractivity contribution in [2.24, 2.45) is 0 Å². The first kappa shape index (κ1) is 30.5. The van der Waals surface area contributed by atoms with E-state index in [4.69, 9.17) is 22.9 Å². The van der Waals surface area contributed by atoms with E-state index in [0.29, 0.717) is 34.3 Å². The molecule has 10 rings (SSSR count). The minimum absolute atomic E-state index is 0. The summed E-state index contributed by atoms with van der Waals surface area (Å²) in [5, 5.41) is 2.02. The summed E-state index contributed by atoms with van der Waals surface area (Å²) in [6.45, 7) is 14.0. The maximum atomic E-state index is 9.20. The molecule has 0 spiro atoms. The van der Waals surface area contributed by atoms with E-state index in [2.05, 4.69) is 55.7 Å². The van der Waals surface area contributed by atoms with Crippen LogP contribution in [-0.2, 0) is 31.9 Å². The third-order valence-electron chi connectivity index (χ3n) is 10.9. The Morgan fingerprint density at radius 3 is 1.98 bits per heavy atom. The minimum Gasteiger partial charge on any atom is -0.509 e. The number of fused-ring (bicyclic) bond motifs is 4. The molecule has 0 atom stereocenters. The molecule has 62 heavy (non-hydrogen) atoms. The molecule has 7 heteroatoms. The normalized spacial score (nSPS) is 15.0. The Morgan fingerprint density at radius 1 is 0.613 bits per heavy atom. The van der Waals surface area contributed by atoms with E-state index in [1.165, 1.54) is 0 Å². The van der Waals surface area contributed by atoms with Crippen molar-refractivity contribution in [3.63, 3.8) is 0 Å². The van der Waals surface area contributed by atoms with E-state index in [9.17, 15) is 5.48 Å². The van der Waals surface area contributed by atoms with Crippen molar-refractivity contribution in [2.45, 2.75) is 52.4 Å². The molecule has 0 saturated heterocycles. The number of hydrogen-bond donors (Lipinski definition) is 0. The standard InChI is InChI=1S/C55H46N5O.Pt/c1-54(2,3)39-28-30-56-51(33-39)60-48-24-14-13-23-44(48)45-27-26-43(35-50(45)60)61-42-22-15-21-41(34-42)58-36-59(53-49(58)25-16-29-57-53)52-46(37-17-9-7-10-18-37)31-40(55(4,5)6)32-47(52)38-19-11-8-12-20-38;/h7-33,36H,1-6H3;/q-3;/i7D,8D,9D,10D,11D,12D,17D,18D,19D,20D;. The Labute approximate surface area is 392 Å². The van der Waals surface area contributed by atoms with Crippen LogP contribution < -0.4 is 14.5 Å². The first-order valence-corrected chi connectivity index (χ1v) is 20.0. The molecule has 0 radical (unpaired) electrons. The molecule has 9 aromatic rings. The molecular weight excluding hydrogens is 942 g/mol. The zero-order valence-corrected chi connectivity index (χ0v) is 37.1. The van der Waals surface area contributed by atoms with Crippen LogP contribution in [-0.4, -0.2) is 14.5 Å².